The van der Waals surface area contributed by atoms with Crippen LogP contribution in [0.2, 0.25) is 5.28 Å². The summed E-state index contributed by atoms with van der Waals surface area (Å²) in [5.74, 6) is 1.32. The third-order valence-corrected chi connectivity index (χ3v) is 6.27. The van der Waals surface area contributed by atoms with Gasteiger partial charge in [-0.25, -0.2) is 4.98 Å². The van der Waals surface area contributed by atoms with Gasteiger partial charge in [0.2, 0.25) is 5.28 Å². The molecule has 0 aromatic carbocycles. The summed E-state index contributed by atoms with van der Waals surface area (Å²) in [4.78, 5) is 21.3. The van der Waals surface area contributed by atoms with Crippen molar-refractivity contribution in [3.05, 3.63) is 17.5 Å². The molecule has 0 radical (unpaired) electrons. The van der Waals surface area contributed by atoms with Crippen molar-refractivity contribution in [3.63, 3.8) is 0 Å². The highest BCUT2D eigenvalue weighted by Gasteiger charge is 2.48. The first-order chi connectivity index (χ1) is 12.5. The molecule has 2 unspecified atom stereocenters. The molecule has 2 bridgehead atoms. The fourth-order valence-electron chi connectivity index (χ4n) is 4.82. The molecule has 7 heteroatoms. The maximum atomic E-state index is 12.5. The molecule has 0 aliphatic heterocycles. The first-order valence-electron chi connectivity index (χ1n) is 9.38. The average Bonchev–Trinajstić information content (AvgIpc) is 3.06. The van der Waals surface area contributed by atoms with Gasteiger partial charge in [0.05, 0.1) is 18.4 Å². The zero-order chi connectivity index (χ0) is 18.4. The molecule has 140 valence electrons. The van der Waals surface area contributed by atoms with Crippen LogP contribution in [0.4, 0.5) is 5.82 Å². The van der Waals surface area contributed by atoms with E-state index in [9.17, 15) is 4.79 Å². The standard InChI is InChI=1S/C19H25ClN4O2/c1-10(2)24-9-8-13-16(22-19(20)23-17(13)24)21-15-12-6-4-11(5-7-12)14(15)18(25)26-3/h8-12,14-15H,4-7H2,1-3H3,(H,21,22,23). The quantitative estimate of drug-likeness (QED) is 0.643. The van der Waals surface area contributed by atoms with E-state index in [0.717, 1.165) is 36.7 Å². The molecule has 1 N–H and O–H groups in total. The summed E-state index contributed by atoms with van der Waals surface area (Å²) in [7, 11) is 1.48. The minimum Gasteiger partial charge on any atom is -0.469 e. The van der Waals surface area contributed by atoms with Crippen LogP contribution in [0.15, 0.2) is 12.3 Å². The molecule has 5 rings (SSSR count). The first kappa shape index (κ1) is 17.6. The molecule has 3 aliphatic rings. The van der Waals surface area contributed by atoms with Gasteiger partial charge in [-0.05, 0) is 69.0 Å². The molecule has 2 aromatic heterocycles. The fourth-order valence-corrected chi connectivity index (χ4v) is 4.99. The number of carbonyl (C=O) groups is 1. The van der Waals surface area contributed by atoms with E-state index < -0.39 is 0 Å². The van der Waals surface area contributed by atoms with E-state index in [0.29, 0.717) is 17.7 Å². The first-order valence-corrected chi connectivity index (χ1v) is 9.75. The molecule has 26 heavy (non-hydrogen) atoms. The van der Waals surface area contributed by atoms with Crippen LogP contribution in [-0.2, 0) is 9.53 Å². The smallest absolute Gasteiger partial charge is 0.311 e. The van der Waals surface area contributed by atoms with E-state index >= 15 is 0 Å². The van der Waals surface area contributed by atoms with Crippen LogP contribution >= 0.6 is 11.6 Å². The minimum absolute atomic E-state index is 0.0338. The Hall–Kier alpha value is -1.82. The van der Waals surface area contributed by atoms with Gasteiger partial charge in [-0.2, -0.15) is 4.98 Å². The molecule has 3 fully saturated rings. The number of nitrogens with one attached hydrogen (secondary N) is 1. The van der Waals surface area contributed by atoms with E-state index in [1.807, 2.05) is 12.3 Å². The average molecular weight is 377 g/mol. The number of carbonyl (C=O) groups excluding carboxylic acids is 1. The Labute approximate surface area is 158 Å². The van der Waals surface area contributed by atoms with Gasteiger partial charge in [0.15, 0.2) is 0 Å². The largest absolute Gasteiger partial charge is 0.469 e. The molecule has 3 aliphatic carbocycles. The molecule has 2 heterocycles. The van der Waals surface area contributed by atoms with Crippen LogP contribution in [0.3, 0.4) is 0 Å². The van der Waals surface area contributed by atoms with Gasteiger partial charge < -0.3 is 14.6 Å². The highest BCUT2D eigenvalue weighted by molar-refractivity contribution is 6.28. The topological polar surface area (TPSA) is 69.0 Å². The molecule has 3 saturated carbocycles. The molecular weight excluding hydrogens is 352 g/mol. The van der Waals surface area contributed by atoms with Gasteiger partial charge in [0.25, 0.3) is 0 Å². The summed E-state index contributed by atoms with van der Waals surface area (Å²) in [6.07, 6.45) is 6.50. The van der Waals surface area contributed by atoms with Crippen molar-refractivity contribution in [1.29, 1.82) is 0 Å². The highest BCUT2D eigenvalue weighted by Crippen LogP contribution is 2.47. The highest BCUT2D eigenvalue weighted by atomic mass is 35.5. The summed E-state index contributed by atoms with van der Waals surface area (Å²) in [5.41, 5.74) is 0.818. The van der Waals surface area contributed by atoms with Gasteiger partial charge in [0, 0.05) is 18.3 Å². The third-order valence-electron chi connectivity index (χ3n) is 6.10. The number of esters is 1. The SMILES string of the molecule is COC(=O)C1C2CCC(CC2)C1Nc1nc(Cl)nc2c1ccn2C(C)C. The van der Waals surface area contributed by atoms with Crippen LogP contribution in [0.25, 0.3) is 11.0 Å². The zero-order valence-electron chi connectivity index (χ0n) is 15.4. The van der Waals surface area contributed by atoms with Crippen LogP contribution in [0.5, 0.6) is 0 Å². The Morgan fingerprint density at radius 1 is 1.27 bits per heavy atom. The van der Waals surface area contributed by atoms with Crippen molar-refractivity contribution < 1.29 is 9.53 Å². The minimum atomic E-state index is -0.122. The van der Waals surface area contributed by atoms with E-state index in [4.69, 9.17) is 16.3 Å². The van der Waals surface area contributed by atoms with Crippen molar-refractivity contribution in [2.24, 2.45) is 17.8 Å². The molecule has 0 saturated heterocycles. The van der Waals surface area contributed by atoms with E-state index in [2.05, 4.69) is 33.7 Å². The second-order valence-corrected chi connectivity index (χ2v) is 8.13. The Kier molecular flexibility index (Phi) is 4.55. The van der Waals surface area contributed by atoms with Gasteiger partial charge in [-0.3, -0.25) is 4.79 Å². The number of aromatic nitrogens is 3. The Bertz CT molecular complexity index is 826. The predicted molar refractivity (Wildman–Crippen MR) is 101 cm³/mol. The third kappa shape index (κ3) is 2.84. The fraction of sp³-hybridized carbons (Fsp3) is 0.632. The lowest BCUT2D eigenvalue weighted by atomic mass is 9.61. The van der Waals surface area contributed by atoms with Crippen LogP contribution in [0.1, 0.15) is 45.6 Å². The van der Waals surface area contributed by atoms with Gasteiger partial charge in [0.1, 0.15) is 11.5 Å². The lowest BCUT2D eigenvalue weighted by Crippen LogP contribution is -2.51. The van der Waals surface area contributed by atoms with E-state index in [1.165, 1.54) is 7.11 Å². The molecular formula is C19H25ClN4O2. The van der Waals surface area contributed by atoms with E-state index in [1.54, 1.807) is 0 Å². The Balaban J connectivity index is 1.73. The zero-order valence-corrected chi connectivity index (χ0v) is 16.2. The molecule has 0 amide bonds. The normalized spacial score (nSPS) is 27.9. The molecule has 6 nitrogen and oxygen atoms in total. The number of halogens is 1. The number of rotatable bonds is 4. The number of hydrogen-bond acceptors (Lipinski definition) is 5. The Morgan fingerprint density at radius 3 is 2.62 bits per heavy atom. The predicted octanol–water partition coefficient (Wildman–Crippen LogP) is 4.06. The van der Waals surface area contributed by atoms with Crippen molar-refractivity contribution in [2.45, 2.75) is 51.6 Å². The number of ether oxygens (including phenoxy) is 1. The second kappa shape index (κ2) is 6.72. The maximum absolute atomic E-state index is 12.5. The summed E-state index contributed by atoms with van der Waals surface area (Å²) in [5, 5.41) is 4.72. The van der Waals surface area contributed by atoms with Crippen molar-refractivity contribution >= 4 is 34.4 Å². The number of fused-ring (bicyclic) bond motifs is 4. The van der Waals surface area contributed by atoms with E-state index in [-0.39, 0.29) is 29.3 Å². The number of hydrogen-bond donors (Lipinski definition) is 1. The number of methoxy groups -OCH3 is 1. The lowest BCUT2D eigenvalue weighted by Gasteiger charge is -2.47. The Morgan fingerprint density at radius 2 is 1.96 bits per heavy atom. The molecule has 2 aromatic rings. The van der Waals surface area contributed by atoms with Crippen molar-refractivity contribution in [2.75, 3.05) is 12.4 Å². The monoisotopic (exact) mass is 376 g/mol. The molecule has 0 spiro atoms. The number of anilines is 1. The summed E-state index contributed by atoms with van der Waals surface area (Å²) >= 11 is 6.21. The lowest BCUT2D eigenvalue weighted by molar-refractivity contribution is -0.152. The van der Waals surface area contributed by atoms with Crippen LogP contribution in [0, 0.1) is 17.8 Å². The second-order valence-electron chi connectivity index (χ2n) is 7.79. The van der Waals surface area contributed by atoms with Crippen LogP contribution < -0.4 is 5.32 Å². The van der Waals surface area contributed by atoms with Crippen molar-refractivity contribution in [1.82, 2.24) is 14.5 Å². The maximum Gasteiger partial charge on any atom is 0.311 e. The van der Waals surface area contributed by atoms with Gasteiger partial charge >= 0.3 is 5.97 Å². The summed E-state index contributed by atoms with van der Waals surface area (Å²) in [6, 6.07) is 2.33. The van der Waals surface area contributed by atoms with Gasteiger partial charge in [-0.1, -0.05) is 0 Å². The molecule has 2 atom stereocenters. The summed E-state index contributed by atoms with van der Waals surface area (Å²) in [6.45, 7) is 4.21. The van der Waals surface area contributed by atoms with Crippen molar-refractivity contribution in [3.8, 4) is 0 Å². The van der Waals surface area contributed by atoms with Crippen LogP contribution in [-0.4, -0.2) is 33.7 Å². The summed E-state index contributed by atoms with van der Waals surface area (Å²) < 4.78 is 7.20. The van der Waals surface area contributed by atoms with Gasteiger partial charge in [-0.15, -0.1) is 0 Å². The number of nitrogens with zero attached hydrogens (tertiary/aromatic N) is 3.